The Morgan fingerprint density at radius 3 is 2.95 bits per heavy atom. The van der Waals surface area contributed by atoms with Crippen molar-refractivity contribution in [2.45, 2.75) is 25.9 Å². The summed E-state index contributed by atoms with van der Waals surface area (Å²) in [5.74, 6) is 0. The van der Waals surface area contributed by atoms with Crippen molar-refractivity contribution in [3.63, 3.8) is 0 Å². The molecule has 0 amide bonds. The third kappa shape index (κ3) is 3.05. The Kier molecular flexibility index (Phi) is 3.90. The molecule has 1 fully saturated rings. The maximum Gasteiger partial charge on any atom is 0.336 e. The first-order chi connectivity index (χ1) is 9.95. The van der Waals surface area contributed by atoms with Crippen molar-refractivity contribution in [2.24, 2.45) is 0 Å². The van der Waals surface area contributed by atoms with E-state index < -0.39 is 0 Å². The molecular weight excluding hydrogens is 332 g/mol. The predicted molar refractivity (Wildman–Crippen MR) is 87.5 cm³/mol. The lowest BCUT2D eigenvalue weighted by atomic mass is 9.98. The van der Waals surface area contributed by atoms with Crippen LogP contribution in [0.15, 0.2) is 37.9 Å². The standard InChI is InChI=1S/C16H19BrN2O2/c1-16(2)10-18-5-6-19(16)9-11-7-15(20)21-14-8-12(17)3-4-13(11)14/h3-4,7-8,18H,5-6,9-10H2,1-2H3. The van der Waals surface area contributed by atoms with Crippen LogP contribution < -0.4 is 10.9 Å². The lowest BCUT2D eigenvalue weighted by Gasteiger charge is -2.43. The number of hydrogen-bond acceptors (Lipinski definition) is 4. The van der Waals surface area contributed by atoms with E-state index in [0.717, 1.165) is 41.6 Å². The van der Waals surface area contributed by atoms with E-state index in [1.54, 1.807) is 6.07 Å². The van der Waals surface area contributed by atoms with E-state index in [-0.39, 0.29) is 11.2 Å². The molecule has 4 nitrogen and oxygen atoms in total. The van der Waals surface area contributed by atoms with Gasteiger partial charge < -0.3 is 9.73 Å². The maximum atomic E-state index is 11.8. The van der Waals surface area contributed by atoms with E-state index in [1.165, 1.54) is 0 Å². The smallest absolute Gasteiger partial charge is 0.336 e. The minimum Gasteiger partial charge on any atom is -0.423 e. The van der Waals surface area contributed by atoms with Crippen molar-refractivity contribution >= 4 is 26.9 Å². The molecule has 3 rings (SSSR count). The zero-order valence-corrected chi connectivity index (χ0v) is 13.9. The number of piperazine rings is 1. The molecular formula is C16H19BrN2O2. The van der Waals surface area contributed by atoms with Crippen LogP contribution in [0.2, 0.25) is 0 Å². The van der Waals surface area contributed by atoms with Gasteiger partial charge in [-0.15, -0.1) is 0 Å². The molecule has 0 radical (unpaired) electrons. The van der Waals surface area contributed by atoms with E-state index in [2.05, 4.69) is 40.0 Å². The van der Waals surface area contributed by atoms with Gasteiger partial charge in [-0.05, 0) is 37.6 Å². The molecule has 0 unspecified atom stereocenters. The first-order valence-electron chi connectivity index (χ1n) is 7.14. The van der Waals surface area contributed by atoms with Crippen molar-refractivity contribution < 1.29 is 4.42 Å². The summed E-state index contributed by atoms with van der Waals surface area (Å²) in [5, 5.41) is 4.43. The van der Waals surface area contributed by atoms with Crippen LogP contribution in [0.4, 0.5) is 0 Å². The molecule has 0 bridgehead atoms. The molecule has 0 saturated carbocycles. The number of benzene rings is 1. The normalized spacial score (nSPS) is 19.0. The summed E-state index contributed by atoms with van der Waals surface area (Å²) in [6, 6.07) is 7.46. The van der Waals surface area contributed by atoms with Crippen molar-refractivity contribution in [3.8, 4) is 0 Å². The monoisotopic (exact) mass is 350 g/mol. The minimum absolute atomic E-state index is 0.0793. The van der Waals surface area contributed by atoms with Gasteiger partial charge in [-0.1, -0.05) is 15.9 Å². The van der Waals surface area contributed by atoms with Gasteiger partial charge in [0.25, 0.3) is 0 Å². The fraction of sp³-hybridized carbons (Fsp3) is 0.438. The number of hydrogen-bond donors (Lipinski definition) is 1. The zero-order chi connectivity index (χ0) is 15.0. The van der Waals surface area contributed by atoms with Crippen LogP contribution in [0.3, 0.4) is 0 Å². The molecule has 1 aliphatic heterocycles. The molecule has 0 atom stereocenters. The molecule has 1 aromatic heterocycles. The van der Waals surface area contributed by atoms with Crippen molar-refractivity contribution in [2.75, 3.05) is 19.6 Å². The highest BCUT2D eigenvalue weighted by Gasteiger charge is 2.29. The Labute approximate surface area is 132 Å². The van der Waals surface area contributed by atoms with Crippen molar-refractivity contribution in [3.05, 3.63) is 44.7 Å². The van der Waals surface area contributed by atoms with Crippen LogP contribution in [0.25, 0.3) is 11.0 Å². The van der Waals surface area contributed by atoms with Gasteiger partial charge in [0.15, 0.2) is 0 Å². The first kappa shape index (κ1) is 14.8. The average molecular weight is 351 g/mol. The Bertz CT molecular complexity index is 724. The molecule has 0 spiro atoms. The van der Waals surface area contributed by atoms with Crippen molar-refractivity contribution in [1.82, 2.24) is 10.2 Å². The number of nitrogens with zero attached hydrogens (tertiary/aromatic N) is 1. The Morgan fingerprint density at radius 1 is 1.38 bits per heavy atom. The van der Waals surface area contributed by atoms with Gasteiger partial charge in [0.05, 0.1) is 0 Å². The number of halogens is 1. The van der Waals surface area contributed by atoms with Crippen molar-refractivity contribution in [1.29, 1.82) is 0 Å². The molecule has 1 aliphatic rings. The van der Waals surface area contributed by atoms with E-state index in [1.807, 2.05) is 18.2 Å². The predicted octanol–water partition coefficient (Wildman–Crippen LogP) is 2.74. The van der Waals surface area contributed by atoms with Crippen LogP contribution in [0, 0.1) is 0 Å². The zero-order valence-electron chi connectivity index (χ0n) is 12.3. The van der Waals surface area contributed by atoms with Crippen LogP contribution in [0.1, 0.15) is 19.4 Å². The summed E-state index contributed by atoms with van der Waals surface area (Å²) in [5.41, 5.74) is 1.46. The number of nitrogens with one attached hydrogen (secondary N) is 1. The molecule has 2 heterocycles. The van der Waals surface area contributed by atoms with Crippen LogP contribution >= 0.6 is 15.9 Å². The maximum absolute atomic E-state index is 11.8. The number of rotatable bonds is 2. The minimum atomic E-state index is -0.288. The lowest BCUT2D eigenvalue weighted by Crippen LogP contribution is -2.57. The third-order valence-electron chi connectivity index (χ3n) is 4.13. The Balaban J connectivity index is 2.02. The molecule has 5 heteroatoms. The summed E-state index contributed by atoms with van der Waals surface area (Å²) >= 11 is 3.42. The van der Waals surface area contributed by atoms with E-state index in [0.29, 0.717) is 5.58 Å². The summed E-state index contributed by atoms with van der Waals surface area (Å²) in [7, 11) is 0. The SMILES string of the molecule is CC1(C)CNCCN1Cc1cc(=O)oc2cc(Br)ccc12. The van der Waals surface area contributed by atoms with Gasteiger partial charge in [0.2, 0.25) is 0 Å². The second-order valence-corrected chi connectivity index (χ2v) is 7.06. The van der Waals surface area contributed by atoms with Gasteiger partial charge >= 0.3 is 5.63 Å². The molecule has 0 aliphatic carbocycles. The highest BCUT2D eigenvalue weighted by Crippen LogP contribution is 2.25. The first-order valence-corrected chi connectivity index (χ1v) is 7.93. The van der Waals surface area contributed by atoms with Crippen LogP contribution in [-0.4, -0.2) is 30.1 Å². The largest absolute Gasteiger partial charge is 0.423 e. The summed E-state index contributed by atoms with van der Waals surface area (Å²) in [6.45, 7) is 8.13. The van der Waals surface area contributed by atoms with Crippen LogP contribution in [0.5, 0.6) is 0 Å². The molecule has 21 heavy (non-hydrogen) atoms. The second-order valence-electron chi connectivity index (χ2n) is 6.14. The summed E-state index contributed by atoms with van der Waals surface area (Å²) < 4.78 is 6.22. The molecule has 1 N–H and O–H groups in total. The third-order valence-corrected chi connectivity index (χ3v) is 4.62. The van der Waals surface area contributed by atoms with E-state index >= 15 is 0 Å². The molecule has 1 saturated heterocycles. The Morgan fingerprint density at radius 2 is 2.19 bits per heavy atom. The highest BCUT2D eigenvalue weighted by molar-refractivity contribution is 9.10. The van der Waals surface area contributed by atoms with Gasteiger partial charge in [0, 0.05) is 47.6 Å². The van der Waals surface area contributed by atoms with E-state index in [9.17, 15) is 4.79 Å². The topological polar surface area (TPSA) is 45.5 Å². The molecule has 1 aromatic carbocycles. The fourth-order valence-corrected chi connectivity index (χ4v) is 3.20. The second kappa shape index (κ2) is 5.55. The number of fused-ring (bicyclic) bond motifs is 1. The van der Waals surface area contributed by atoms with Crippen LogP contribution in [-0.2, 0) is 6.54 Å². The van der Waals surface area contributed by atoms with Gasteiger partial charge in [-0.2, -0.15) is 0 Å². The van der Waals surface area contributed by atoms with E-state index in [4.69, 9.17) is 4.42 Å². The average Bonchev–Trinajstić information content (AvgIpc) is 2.40. The molecule has 2 aromatic rings. The van der Waals surface area contributed by atoms with Gasteiger partial charge in [-0.25, -0.2) is 4.79 Å². The van der Waals surface area contributed by atoms with Gasteiger partial charge in [0.1, 0.15) is 5.58 Å². The summed E-state index contributed by atoms with van der Waals surface area (Å²) in [4.78, 5) is 14.2. The highest BCUT2D eigenvalue weighted by atomic mass is 79.9. The molecule has 112 valence electrons. The van der Waals surface area contributed by atoms with Gasteiger partial charge in [-0.3, -0.25) is 4.90 Å². The Hall–Kier alpha value is -1.17. The summed E-state index contributed by atoms with van der Waals surface area (Å²) in [6.07, 6.45) is 0. The lowest BCUT2D eigenvalue weighted by molar-refractivity contribution is 0.0830. The fourth-order valence-electron chi connectivity index (χ4n) is 2.86. The quantitative estimate of drug-likeness (QED) is 0.846.